The van der Waals surface area contributed by atoms with Gasteiger partial charge in [0, 0.05) is 13.1 Å². The molecule has 0 rings (SSSR count). The van der Waals surface area contributed by atoms with E-state index < -0.39 is 11.1 Å². The number of nitrogens with zero attached hydrogens (tertiary/aromatic N) is 2. The fraction of sp³-hybridized carbons (Fsp3) is 0.625. The molecule has 0 radical (unpaired) electrons. The van der Waals surface area contributed by atoms with Crippen LogP contribution in [0.3, 0.4) is 0 Å². The Morgan fingerprint density at radius 1 is 0.909 bits per heavy atom. The van der Waals surface area contributed by atoms with E-state index in [9.17, 15) is 9.59 Å². The summed E-state index contributed by atoms with van der Waals surface area (Å²) in [5.41, 5.74) is -2.00. The average molecular weight is 308 g/mol. The van der Waals surface area contributed by atoms with Crippen molar-refractivity contribution in [2.75, 3.05) is 13.1 Å². The van der Waals surface area contributed by atoms with E-state index >= 15 is 0 Å². The maximum absolute atomic E-state index is 12.2. The second-order valence-corrected chi connectivity index (χ2v) is 5.45. The second kappa shape index (κ2) is 9.12. The van der Waals surface area contributed by atoms with Crippen LogP contribution in [-0.4, -0.2) is 36.0 Å². The van der Waals surface area contributed by atoms with Gasteiger partial charge in [0.1, 0.15) is 0 Å². The van der Waals surface area contributed by atoms with Crippen molar-refractivity contribution in [2.45, 2.75) is 51.6 Å². The standard InChI is InChI=1S/C16H28N4O2/c1-7-11-17-13(21)15(5,9-3)19-20-16(6,10-4)14(22)18-12-8-2/h7-8H,1-2,9-12H2,3-6H3,(H,17,21)(H,18,22). The molecule has 6 heteroatoms. The molecule has 0 saturated heterocycles. The number of hydrogen-bond acceptors (Lipinski definition) is 4. The Morgan fingerprint density at radius 2 is 1.23 bits per heavy atom. The van der Waals surface area contributed by atoms with Crippen LogP contribution in [0, 0.1) is 0 Å². The fourth-order valence-electron chi connectivity index (χ4n) is 1.48. The zero-order valence-corrected chi connectivity index (χ0v) is 14.1. The van der Waals surface area contributed by atoms with E-state index in [2.05, 4.69) is 34.0 Å². The van der Waals surface area contributed by atoms with Crippen LogP contribution < -0.4 is 10.6 Å². The molecule has 0 aromatic rings. The lowest BCUT2D eigenvalue weighted by Crippen LogP contribution is -2.45. The molecule has 0 aliphatic rings. The number of rotatable bonds is 10. The Morgan fingerprint density at radius 3 is 1.45 bits per heavy atom. The monoisotopic (exact) mass is 308 g/mol. The van der Waals surface area contributed by atoms with Crippen molar-refractivity contribution in [1.29, 1.82) is 0 Å². The van der Waals surface area contributed by atoms with Crippen molar-refractivity contribution >= 4 is 11.8 Å². The number of azo groups is 1. The molecular weight excluding hydrogens is 280 g/mol. The number of carbonyl (C=O) groups is 2. The van der Waals surface area contributed by atoms with Gasteiger partial charge in [-0.2, -0.15) is 10.2 Å². The van der Waals surface area contributed by atoms with Crippen LogP contribution in [0.4, 0.5) is 0 Å². The number of hydrogen-bond donors (Lipinski definition) is 2. The topological polar surface area (TPSA) is 82.9 Å². The van der Waals surface area contributed by atoms with Crippen molar-refractivity contribution < 1.29 is 9.59 Å². The van der Waals surface area contributed by atoms with E-state index in [0.717, 1.165) is 0 Å². The van der Waals surface area contributed by atoms with Crippen molar-refractivity contribution in [3.05, 3.63) is 25.3 Å². The SMILES string of the molecule is C=CCNC(=O)C(C)(CC)N=NC(C)(CC)C(=O)NCC=C. The van der Waals surface area contributed by atoms with E-state index in [1.165, 1.54) is 0 Å². The van der Waals surface area contributed by atoms with Gasteiger partial charge in [0.25, 0.3) is 0 Å². The van der Waals surface area contributed by atoms with Gasteiger partial charge in [-0.15, -0.1) is 13.2 Å². The predicted octanol–water partition coefficient (Wildman–Crippen LogP) is 2.38. The summed E-state index contributed by atoms with van der Waals surface area (Å²) in [5.74, 6) is -0.466. The van der Waals surface area contributed by atoms with E-state index in [1.807, 2.05) is 13.8 Å². The van der Waals surface area contributed by atoms with E-state index in [0.29, 0.717) is 25.9 Å². The summed E-state index contributed by atoms with van der Waals surface area (Å²) in [6, 6.07) is 0. The smallest absolute Gasteiger partial charge is 0.249 e. The Bertz CT molecular complexity index is 407. The van der Waals surface area contributed by atoms with Crippen LogP contribution in [0.1, 0.15) is 40.5 Å². The maximum atomic E-state index is 12.2. The molecular formula is C16H28N4O2. The summed E-state index contributed by atoms with van der Waals surface area (Å²) in [7, 11) is 0. The predicted molar refractivity (Wildman–Crippen MR) is 88.7 cm³/mol. The molecule has 0 aliphatic heterocycles. The zero-order chi connectivity index (χ0) is 17.2. The largest absolute Gasteiger partial charge is 0.350 e. The van der Waals surface area contributed by atoms with Gasteiger partial charge in [0.05, 0.1) is 0 Å². The lowest BCUT2D eigenvalue weighted by atomic mass is 9.97. The second-order valence-electron chi connectivity index (χ2n) is 5.45. The minimum absolute atomic E-state index is 0.233. The maximum Gasteiger partial charge on any atom is 0.249 e. The molecule has 2 unspecified atom stereocenters. The minimum atomic E-state index is -1.00. The molecule has 0 aliphatic carbocycles. The summed E-state index contributed by atoms with van der Waals surface area (Å²) in [6.07, 6.45) is 4.16. The van der Waals surface area contributed by atoms with Crippen molar-refractivity contribution in [3.8, 4) is 0 Å². The average Bonchev–Trinajstić information content (AvgIpc) is 2.54. The van der Waals surface area contributed by atoms with Crippen LogP contribution in [0.5, 0.6) is 0 Å². The molecule has 2 atom stereocenters. The summed E-state index contributed by atoms with van der Waals surface area (Å²) >= 11 is 0. The van der Waals surface area contributed by atoms with Gasteiger partial charge < -0.3 is 10.6 Å². The number of nitrogens with one attached hydrogen (secondary N) is 2. The molecule has 6 nitrogen and oxygen atoms in total. The van der Waals surface area contributed by atoms with Gasteiger partial charge in [0.2, 0.25) is 11.8 Å². The summed E-state index contributed by atoms with van der Waals surface area (Å²) < 4.78 is 0. The molecule has 0 saturated carbocycles. The third kappa shape index (κ3) is 5.42. The Balaban J connectivity index is 5.19. The highest BCUT2D eigenvalue weighted by Crippen LogP contribution is 2.22. The van der Waals surface area contributed by atoms with E-state index in [1.54, 1.807) is 26.0 Å². The highest BCUT2D eigenvalue weighted by Gasteiger charge is 2.35. The third-order valence-corrected chi connectivity index (χ3v) is 3.66. The van der Waals surface area contributed by atoms with Crippen LogP contribution in [0.15, 0.2) is 35.5 Å². The molecule has 2 N–H and O–H groups in total. The first-order valence-electron chi connectivity index (χ1n) is 7.52. The first kappa shape index (κ1) is 20.0. The van der Waals surface area contributed by atoms with Crippen LogP contribution in [0.2, 0.25) is 0 Å². The van der Waals surface area contributed by atoms with Crippen molar-refractivity contribution in [3.63, 3.8) is 0 Å². The van der Waals surface area contributed by atoms with Gasteiger partial charge in [-0.05, 0) is 26.7 Å². The van der Waals surface area contributed by atoms with Gasteiger partial charge in [0.15, 0.2) is 11.1 Å². The Kier molecular flexibility index (Phi) is 8.30. The van der Waals surface area contributed by atoms with Crippen molar-refractivity contribution in [1.82, 2.24) is 10.6 Å². The molecule has 2 amide bonds. The van der Waals surface area contributed by atoms with Gasteiger partial charge in [-0.3, -0.25) is 9.59 Å². The van der Waals surface area contributed by atoms with Gasteiger partial charge in [-0.1, -0.05) is 26.0 Å². The van der Waals surface area contributed by atoms with Crippen LogP contribution >= 0.6 is 0 Å². The normalized spacial score (nSPS) is 16.4. The lowest BCUT2D eigenvalue weighted by molar-refractivity contribution is -0.127. The Labute approximate surface area is 133 Å². The quantitative estimate of drug-likeness (QED) is 0.480. The van der Waals surface area contributed by atoms with E-state index in [4.69, 9.17) is 0 Å². The molecule has 0 aromatic heterocycles. The van der Waals surface area contributed by atoms with Crippen LogP contribution in [-0.2, 0) is 9.59 Å². The summed E-state index contributed by atoms with van der Waals surface area (Å²) in [4.78, 5) is 24.4. The molecule has 0 heterocycles. The molecule has 22 heavy (non-hydrogen) atoms. The fourth-order valence-corrected chi connectivity index (χ4v) is 1.48. The summed E-state index contributed by atoms with van der Waals surface area (Å²) in [6.45, 7) is 15.0. The molecule has 0 aromatic carbocycles. The third-order valence-electron chi connectivity index (χ3n) is 3.66. The highest BCUT2D eigenvalue weighted by atomic mass is 16.2. The van der Waals surface area contributed by atoms with Gasteiger partial charge in [-0.25, -0.2) is 0 Å². The number of amides is 2. The number of carbonyl (C=O) groups excluding carboxylic acids is 2. The minimum Gasteiger partial charge on any atom is -0.350 e. The molecule has 0 bridgehead atoms. The Hall–Kier alpha value is -1.98. The van der Waals surface area contributed by atoms with Crippen molar-refractivity contribution in [2.24, 2.45) is 10.2 Å². The van der Waals surface area contributed by atoms with E-state index in [-0.39, 0.29) is 11.8 Å². The highest BCUT2D eigenvalue weighted by molar-refractivity contribution is 5.87. The molecule has 0 spiro atoms. The molecule has 124 valence electrons. The summed E-state index contributed by atoms with van der Waals surface area (Å²) in [5, 5.41) is 13.8. The first-order chi connectivity index (χ1) is 10.3. The van der Waals surface area contributed by atoms with Gasteiger partial charge >= 0.3 is 0 Å². The lowest BCUT2D eigenvalue weighted by Gasteiger charge is -2.25. The first-order valence-corrected chi connectivity index (χ1v) is 7.52. The molecule has 0 fully saturated rings. The zero-order valence-electron chi connectivity index (χ0n) is 14.1. The van der Waals surface area contributed by atoms with Crippen LogP contribution in [0.25, 0.3) is 0 Å².